The molecule has 2 nitrogen and oxygen atoms in total. The van der Waals surface area contributed by atoms with Crippen LogP contribution in [0.25, 0.3) is 0 Å². The van der Waals surface area contributed by atoms with Gasteiger partial charge in [0.1, 0.15) is 0 Å². The highest BCUT2D eigenvalue weighted by molar-refractivity contribution is 5.18. The monoisotopic (exact) mass is 154 g/mol. The van der Waals surface area contributed by atoms with E-state index in [1.807, 2.05) is 26.0 Å². The van der Waals surface area contributed by atoms with E-state index in [0.29, 0.717) is 0 Å². The van der Waals surface area contributed by atoms with E-state index in [4.69, 9.17) is 0 Å². The van der Waals surface area contributed by atoms with Gasteiger partial charge in [0, 0.05) is 5.92 Å². The fourth-order valence-electron chi connectivity index (χ4n) is 1.35. The summed E-state index contributed by atoms with van der Waals surface area (Å²) in [7, 11) is 0. The molecule has 1 atom stereocenters. The Labute approximate surface area is 66.9 Å². The fraction of sp³-hybridized carbons (Fsp3) is 0.556. The molecule has 2 heteroatoms. The number of hydrogen-bond acceptors (Lipinski definition) is 2. The average molecular weight is 154 g/mol. The molecule has 0 saturated heterocycles. The van der Waals surface area contributed by atoms with Crippen LogP contribution in [0.3, 0.4) is 0 Å². The summed E-state index contributed by atoms with van der Waals surface area (Å²) in [5.41, 5.74) is 0. The molecule has 0 fully saturated rings. The lowest BCUT2D eigenvalue weighted by atomic mass is 9.85. The van der Waals surface area contributed by atoms with Crippen LogP contribution in [0.4, 0.5) is 0 Å². The van der Waals surface area contributed by atoms with Crippen molar-refractivity contribution in [2.24, 2.45) is 11.8 Å². The van der Waals surface area contributed by atoms with E-state index in [9.17, 15) is 10.2 Å². The van der Waals surface area contributed by atoms with Crippen molar-refractivity contribution in [3.8, 4) is 0 Å². The van der Waals surface area contributed by atoms with Gasteiger partial charge in [0.25, 0.3) is 0 Å². The fourth-order valence-corrected chi connectivity index (χ4v) is 1.35. The van der Waals surface area contributed by atoms with Gasteiger partial charge in [0.15, 0.2) is 5.79 Å². The van der Waals surface area contributed by atoms with Gasteiger partial charge in [-0.25, -0.2) is 0 Å². The van der Waals surface area contributed by atoms with E-state index in [2.05, 4.69) is 0 Å². The van der Waals surface area contributed by atoms with E-state index in [1.165, 1.54) is 6.08 Å². The minimum atomic E-state index is -1.65. The van der Waals surface area contributed by atoms with Gasteiger partial charge in [-0.15, -0.1) is 0 Å². The minimum Gasteiger partial charge on any atom is -0.362 e. The normalized spacial score (nSPS) is 27.9. The molecule has 0 saturated carbocycles. The largest absolute Gasteiger partial charge is 0.362 e. The van der Waals surface area contributed by atoms with Crippen molar-refractivity contribution < 1.29 is 10.2 Å². The molecule has 2 N–H and O–H groups in total. The third-order valence-corrected chi connectivity index (χ3v) is 1.98. The third-order valence-electron chi connectivity index (χ3n) is 1.98. The molecule has 0 bridgehead atoms. The maximum absolute atomic E-state index is 9.42. The summed E-state index contributed by atoms with van der Waals surface area (Å²) in [5.74, 6) is -1.60. The summed E-state index contributed by atoms with van der Waals surface area (Å²) in [6.45, 7) is 3.94. The molecule has 62 valence electrons. The SMILES string of the molecule is CC(C)C1C=CC=CC1(O)O. The Hall–Kier alpha value is -0.600. The maximum atomic E-state index is 9.42. The Kier molecular flexibility index (Phi) is 2.16. The van der Waals surface area contributed by atoms with Gasteiger partial charge in [-0.3, -0.25) is 0 Å². The predicted molar refractivity (Wildman–Crippen MR) is 43.8 cm³/mol. The van der Waals surface area contributed by atoms with Crippen molar-refractivity contribution in [3.63, 3.8) is 0 Å². The highest BCUT2D eigenvalue weighted by Crippen LogP contribution is 2.28. The zero-order valence-corrected chi connectivity index (χ0v) is 6.86. The zero-order chi connectivity index (χ0) is 8.48. The molecule has 1 aliphatic rings. The predicted octanol–water partition coefficient (Wildman–Crippen LogP) is 1.07. The van der Waals surface area contributed by atoms with E-state index < -0.39 is 5.79 Å². The highest BCUT2D eigenvalue weighted by Gasteiger charge is 2.33. The molecule has 1 unspecified atom stereocenters. The molecule has 0 aromatic carbocycles. The van der Waals surface area contributed by atoms with Gasteiger partial charge in [-0.2, -0.15) is 0 Å². The van der Waals surface area contributed by atoms with Crippen LogP contribution >= 0.6 is 0 Å². The zero-order valence-electron chi connectivity index (χ0n) is 6.86. The Bertz CT molecular complexity index is 190. The second kappa shape index (κ2) is 2.80. The summed E-state index contributed by atoms with van der Waals surface area (Å²) in [4.78, 5) is 0. The summed E-state index contributed by atoms with van der Waals surface area (Å²) in [6.07, 6.45) is 6.73. The van der Waals surface area contributed by atoms with Crippen LogP contribution in [-0.4, -0.2) is 16.0 Å². The second-order valence-corrected chi connectivity index (χ2v) is 3.30. The molecule has 0 radical (unpaired) electrons. The van der Waals surface area contributed by atoms with Crippen molar-refractivity contribution in [2.75, 3.05) is 0 Å². The van der Waals surface area contributed by atoms with E-state index in [1.54, 1.807) is 6.08 Å². The first-order valence-corrected chi connectivity index (χ1v) is 3.85. The first-order valence-electron chi connectivity index (χ1n) is 3.85. The lowest BCUT2D eigenvalue weighted by Crippen LogP contribution is -2.38. The van der Waals surface area contributed by atoms with Crippen LogP contribution in [-0.2, 0) is 0 Å². The van der Waals surface area contributed by atoms with Gasteiger partial charge in [-0.05, 0) is 12.0 Å². The third kappa shape index (κ3) is 1.70. The number of rotatable bonds is 1. The second-order valence-electron chi connectivity index (χ2n) is 3.30. The number of hydrogen-bond donors (Lipinski definition) is 2. The molecule has 0 aliphatic heterocycles. The van der Waals surface area contributed by atoms with E-state index in [0.717, 1.165) is 0 Å². The average Bonchev–Trinajstić information content (AvgIpc) is 1.85. The van der Waals surface area contributed by atoms with Gasteiger partial charge in [0.2, 0.25) is 0 Å². The van der Waals surface area contributed by atoms with Crippen LogP contribution in [0.1, 0.15) is 13.8 Å². The number of allylic oxidation sites excluding steroid dienone is 2. The van der Waals surface area contributed by atoms with Crippen LogP contribution in [0.15, 0.2) is 24.3 Å². The van der Waals surface area contributed by atoms with Gasteiger partial charge < -0.3 is 10.2 Å². The lowest BCUT2D eigenvalue weighted by molar-refractivity contribution is -0.157. The summed E-state index contributed by atoms with van der Waals surface area (Å²) < 4.78 is 0. The minimum absolute atomic E-state index is 0.188. The van der Waals surface area contributed by atoms with Crippen LogP contribution in [0.2, 0.25) is 0 Å². The standard InChI is InChI=1S/C9H14O2/c1-7(2)8-5-3-4-6-9(8,10)11/h3-8,10-11H,1-2H3. The molecular formula is C9H14O2. The molecule has 0 heterocycles. The molecule has 0 aromatic heterocycles. The van der Waals surface area contributed by atoms with Crippen molar-refractivity contribution >= 4 is 0 Å². The molecule has 1 rings (SSSR count). The Morgan fingerprint density at radius 2 is 1.91 bits per heavy atom. The summed E-state index contributed by atoms with van der Waals surface area (Å²) >= 11 is 0. The topological polar surface area (TPSA) is 40.5 Å². The van der Waals surface area contributed by atoms with Crippen molar-refractivity contribution in [1.82, 2.24) is 0 Å². The van der Waals surface area contributed by atoms with E-state index >= 15 is 0 Å². The van der Waals surface area contributed by atoms with Gasteiger partial charge in [-0.1, -0.05) is 32.1 Å². The molecule has 1 aliphatic carbocycles. The van der Waals surface area contributed by atoms with Gasteiger partial charge in [0.05, 0.1) is 0 Å². The molecule has 11 heavy (non-hydrogen) atoms. The van der Waals surface area contributed by atoms with Crippen molar-refractivity contribution in [2.45, 2.75) is 19.6 Å². The quantitative estimate of drug-likeness (QED) is 0.554. The Balaban J connectivity index is 2.80. The Morgan fingerprint density at radius 1 is 1.27 bits per heavy atom. The summed E-state index contributed by atoms with van der Waals surface area (Å²) in [5, 5.41) is 18.8. The maximum Gasteiger partial charge on any atom is 0.189 e. The van der Waals surface area contributed by atoms with Crippen LogP contribution in [0, 0.1) is 11.8 Å². The Morgan fingerprint density at radius 3 is 2.27 bits per heavy atom. The van der Waals surface area contributed by atoms with Crippen molar-refractivity contribution in [3.05, 3.63) is 24.3 Å². The first kappa shape index (κ1) is 8.50. The molecule has 0 amide bonds. The van der Waals surface area contributed by atoms with Crippen LogP contribution < -0.4 is 0 Å². The smallest absolute Gasteiger partial charge is 0.189 e. The molecular weight excluding hydrogens is 140 g/mol. The molecule has 0 spiro atoms. The first-order chi connectivity index (χ1) is 5.04. The molecule has 0 aromatic rings. The summed E-state index contributed by atoms with van der Waals surface area (Å²) in [6, 6.07) is 0. The highest BCUT2D eigenvalue weighted by atomic mass is 16.5. The number of aliphatic hydroxyl groups is 2. The lowest BCUT2D eigenvalue weighted by Gasteiger charge is -2.30. The van der Waals surface area contributed by atoms with Gasteiger partial charge >= 0.3 is 0 Å². The van der Waals surface area contributed by atoms with Crippen LogP contribution in [0.5, 0.6) is 0 Å². The van der Waals surface area contributed by atoms with E-state index in [-0.39, 0.29) is 11.8 Å². The van der Waals surface area contributed by atoms with Crippen molar-refractivity contribution in [1.29, 1.82) is 0 Å².